The van der Waals surface area contributed by atoms with Gasteiger partial charge in [-0.2, -0.15) is 0 Å². The fourth-order valence-corrected chi connectivity index (χ4v) is 3.03. The fraction of sp³-hybridized carbons (Fsp3) is 0.733. The molecule has 2 fully saturated rings. The molecule has 0 aromatic carbocycles. The second-order valence-corrected chi connectivity index (χ2v) is 5.65. The monoisotopic (exact) mass is 263 g/mol. The summed E-state index contributed by atoms with van der Waals surface area (Å²) in [5.74, 6) is 4.52. The van der Waals surface area contributed by atoms with Gasteiger partial charge in [0.15, 0.2) is 0 Å². The van der Waals surface area contributed by atoms with Crippen molar-refractivity contribution in [2.45, 2.75) is 63.3 Å². The van der Waals surface area contributed by atoms with Crippen LogP contribution in [0.4, 0.5) is 0 Å². The molecule has 0 spiro atoms. The summed E-state index contributed by atoms with van der Waals surface area (Å²) in [5, 5.41) is 12.0. The number of hydrogen-bond acceptors (Lipinski definition) is 2. The maximum atomic E-state index is 11.8. The van der Waals surface area contributed by atoms with E-state index in [4.69, 9.17) is 0 Å². The highest BCUT2D eigenvalue weighted by Gasteiger charge is 2.40. The highest BCUT2D eigenvalue weighted by Crippen LogP contribution is 2.28. The molecule has 0 saturated heterocycles. The lowest BCUT2D eigenvalue weighted by Gasteiger charge is -2.33. The maximum absolute atomic E-state index is 11.8. The normalized spacial score (nSPS) is 22.3. The van der Waals surface area contributed by atoms with E-state index in [1.807, 2.05) is 0 Å². The predicted molar refractivity (Wildman–Crippen MR) is 71.3 cm³/mol. The number of carboxylic acid groups (broad SMARTS) is 1. The van der Waals surface area contributed by atoms with Gasteiger partial charge in [-0.15, -0.1) is 0 Å². The molecular weight excluding hydrogens is 242 g/mol. The van der Waals surface area contributed by atoms with Gasteiger partial charge in [0.05, 0.1) is 0 Å². The molecule has 0 aromatic rings. The lowest BCUT2D eigenvalue weighted by Crippen LogP contribution is -2.55. The number of amides is 1. The van der Waals surface area contributed by atoms with Crippen LogP contribution in [-0.2, 0) is 9.59 Å². The Labute approximate surface area is 114 Å². The summed E-state index contributed by atoms with van der Waals surface area (Å²) in [6, 6.07) is 0. The van der Waals surface area contributed by atoms with Crippen LogP contribution >= 0.6 is 0 Å². The van der Waals surface area contributed by atoms with E-state index >= 15 is 0 Å². The standard InChI is InChI=1S/C15H21NO3/c17-13(9-8-12-6-2-3-7-12)16-15(14(18)19)10-4-1-5-11-15/h12H,1-7,10-11H2,(H,16,17)(H,18,19). The van der Waals surface area contributed by atoms with Gasteiger partial charge in [0, 0.05) is 5.92 Å². The van der Waals surface area contributed by atoms with Crippen LogP contribution in [-0.4, -0.2) is 22.5 Å². The quantitative estimate of drug-likeness (QED) is 0.750. The molecule has 104 valence electrons. The van der Waals surface area contributed by atoms with Crippen molar-refractivity contribution in [3.63, 3.8) is 0 Å². The molecule has 2 saturated carbocycles. The van der Waals surface area contributed by atoms with E-state index < -0.39 is 17.4 Å². The smallest absolute Gasteiger partial charge is 0.329 e. The molecule has 0 aromatic heterocycles. The highest BCUT2D eigenvalue weighted by atomic mass is 16.4. The fourth-order valence-electron chi connectivity index (χ4n) is 3.03. The van der Waals surface area contributed by atoms with Crippen LogP contribution in [0.2, 0.25) is 0 Å². The zero-order chi connectivity index (χ0) is 13.7. The molecule has 2 rings (SSSR count). The van der Waals surface area contributed by atoms with Gasteiger partial charge in [-0.1, -0.05) is 38.0 Å². The third kappa shape index (κ3) is 3.50. The first-order valence-corrected chi connectivity index (χ1v) is 7.19. The van der Waals surface area contributed by atoms with E-state index in [0.29, 0.717) is 18.8 Å². The lowest BCUT2D eigenvalue weighted by atomic mass is 9.81. The summed E-state index contributed by atoms with van der Waals surface area (Å²) in [6.07, 6.45) is 8.25. The van der Waals surface area contributed by atoms with Crippen molar-refractivity contribution in [3.05, 3.63) is 0 Å². The summed E-state index contributed by atoms with van der Waals surface area (Å²) in [7, 11) is 0. The van der Waals surface area contributed by atoms with Crippen LogP contribution in [0.5, 0.6) is 0 Å². The maximum Gasteiger partial charge on any atom is 0.329 e. The van der Waals surface area contributed by atoms with E-state index in [-0.39, 0.29) is 0 Å². The number of carboxylic acids is 1. The second kappa shape index (κ2) is 6.10. The molecule has 4 nitrogen and oxygen atoms in total. The van der Waals surface area contributed by atoms with Crippen molar-refractivity contribution in [1.29, 1.82) is 0 Å². The first-order valence-electron chi connectivity index (χ1n) is 7.19. The van der Waals surface area contributed by atoms with Crippen LogP contribution in [0.15, 0.2) is 0 Å². The lowest BCUT2D eigenvalue weighted by molar-refractivity contribution is -0.148. The summed E-state index contributed by atoms with van der Waals surface area (Å²) >= 11 is 0. The average Bonchev–Trinajstić information content (AvgIpc) is 2.90. The van der Waals surface area contributed by atoms with E-state index in [2.05, 4.69) is 17.2 Å². The third-order valence-electron chi connectivity index (χ3n) is 4.21. The summed E-state index contributed by atoms with van der Waals surface area (Å²) in [5.41, 5.74) is -1.08. The molecule has 0 atom stereocenters. The molecule has 2 aliphatic rings. The van der Waals surface area contributed by atoms with Gasteiger partial charge in [0.2, 0.25) is 0 Å². The zero-order valence-electron chi connectivity index (χ0n) is 11.2. The Balaban J connectivity index is 1.96. The SMILES string of the molecule is O=C(C#CC1CCCC1)NC1(C(=O)O)CCCCC1. The predicted octanol–water partition coefficient (Wildman–Crippen LogP) is 2.08. The van der Waals surface area contributed by atoms with Crippen molar-refractivity contribution in [1.82, 2.24) is 5.32 Å². The molecule has 4 heteroatoms. The van der Waals surface area contributed by atoms with E-state index in [0.717, 1.165) is 32.1 Å². The Morgan fingerprint density at radius 2 is 1.68 bits per heavy atom. The Kier molecular flexibility index (Phi) is 4.47. The number of carbonyl (C=O) groups is 2. The van der Waals surface area contributed by atoms with Crippen LogP contribution < -0.4 is 5.32 Å². The molecule has 0 heterocycles. The van der Waals surface area contributed by atoms with Crippen LogP contribution in [0.1, 0.15) is 57.8 Å². The number of rotatable bonds is 2. The minimum absolute atomic E-state index is 0.317. The first-order chi connectivity index (χ1) is 9.12. The average molecular weight is 263 g/mol. The minimum atomic E-state index is -1.08. The van der Waals surface area contributed by atoms with Crippen LogP contribution in [0.3, 0.4) is 0 Å². The molecule has 19 heavy (non-hydrogen) atoms. The van der Waals surface area contributed by atoms with E-state index in [1.165, 1.54) is 12.8 Å². The molecule has 2 N–H and O–H groups in total. The number of carbonyl (C=O) groups excluding carboxylic acids is 1. The zero-order valence-corrected chi connectivity index (χ0v) is 11.2. The molecular formula is C15H21NO3. The second-order valence-electron chi connectivity index (χ2n) is 5.65. The molecule has 0 aliphatic heterocycles. The summed E-state index contributed by atoms with van der Waals surface area (Å²) < 4.78 is 0. The number of nitrogens with one attached hydrogen (secondary N) is 1. The van der Waals surface area contributed by atoms with Gasteiger partial charge in [0.25, 0.3) is 5.91 Å². The van der Waals surface area contributed by atoms with Gasteiger partial charge in [-0.25, -0.2) is 4.79 Å². The van der Waals surface area contributed by atoms with Crippen molar-refractivity contribution in [2.75, 3.05) is 0 Å². The van der Waals surface area contributed by atoms with Gasteiger partial charge < -0.3 is 10.4 Å². The molecule has 2 aliphatic carbocycles. The minimum Gasteiger partial charge on any atom is -0.480 e. The summed E-state index contributed by atoms with van der Waals surface area (Å²) in [4.78, 5) is 23.2. The Morgan fingerprint density at radius 3 is 2.26 bits per heavy atom. The largest absolute Gasteiger partial charge is 0.480 e. The Morgan fingerprint density at radius 1 is 1.05 bits per heavy atom. The molecule has 0 bridgehead atoms. The third-order valence-corrected chi connectivity index (χ3v) is 4.21. The van der Waals surface area contributed by atoms with Gasteiger partial charge in [-0.3, -0.25) is 4.79 Å². The molecule has 0 unspecified atom stereocenters. The van der Waals surface area contributed by atoms with Gasteiger partial charge in [0.1, 0.15) is 5.54 Å². The summed E-state index contributed by atoms with van der Waals surface area (Å²) in [6.45, 7) is 0. The van der Waals surface area contributed by atoms with Crippen LogP contribution in [0, 0.1) is 17.8 Å². The van der Waals surface area contributed by atoms with Crippen molar-refractivity contribution in [3.8, 4) is 11.8 Å². The van der Waals surface area contributed by atoms with Gasteiger partial charge >= 0.3 is 5.97 Å². The topological polar surface area (TPSA) is 66.4 Å². The van der Waals surface area contributed by atoms with Crippen molar-refractivity contribution < 1.29 is 14.7 Å². The molecule has 0 radical (unpaired) electrons. The van der Waals surface area contributed by atoms with Crippen molar-refractivity contribution >= 4 is 11.9 Å². The molecule has 1 amide bonds. The Hall–Kier alpha value is -1.50. The van der Waals surface area contributed by atoms with E-state index in [1.54, 1.807) is 0 Å². The highest BCUT2D eigenvalue weighted by molar-refractivity contribution is 5.97. The van der Waals surface area contributed by atoms with E-state index in [9.17, 15) is 14.7 Å². The first kappa shape index (κ1) is 13.9. The number of hydrogen-bond donors (Lipinski definition) is 2. The van der Waals surface area contributed by atoms with Crippen molar-refractivity contribution in [2.24, 2.45) is 5.92 Å². The van der Waals surface area contributed by atoms with Crippen LogP contribution in [0.25, 0.3) is 0 Å². The number of aliphatic carboxylic acids is 1. The van der Waals surface area contributed by atoms with Gasteiger partial charge in [-0.05, 0) is 31.6 Å². The Bertz CT molecular complexity index is 407.